The molecule has 0 bridgehead atoms. The van der Waals surface area contributed by atoms with E-state index in [1.54, 1.807) is 4.90 Å². The smallest absolute Gasteiger partial charge is 0.271 e. The molecule has 3 aromatic rings. The predicted molar refractivity (Wildman–Crippen MR) is 150 cm³/mol. The van der Waals surface area contributed by atoms with E-state index in [-0.39, 0.29) is 11.4 Å². The molecule has 1 saturated heterocycles. The van der Waals surface area contributed by atoms with Crippen LogP contribution in [0, 0.1) is 0 Å². The molecule has 0 aliphatic carbocycles. The molecule has 0 N–H and O–H groups in total. The lowest BCUT2D eigenvalue weighted by Crippen LogP contribution is -2.48. The van der Waals surface area contributed by atoms with Crippen LogP contribution in [0.3, 0.4) is 0 Å². The van der Waals surface area contributed by atoms with Gasteiger partial charge >= 0.3 is 0 Å². The highest BCUT2D eigenvalue weighted by Crippen LogP contribution is 2.44. The van der Waals surface area contributed by atoms with Crippen molar-refractivity contribution in [1.29, 1.82) is 0 Å². The second-order valence-corrected chi connectivity index (χ2v) is 10.8. The molecule has 0 radical (unpaired) electrons. The topological polar surface area (TPSA) is 35.9 Å². The van der Waals surface area contributed by atoms with Crippen LogP contribution >= 0.6 is 11.8 Å². The number of hydrogen-bond donors (Lipinski definition) is 0. The van der Waals surface area contributed by atoms with Crippen LogP contribution < -0.4 is 9.80 Å². The van der Waals surface area contributed by atoms with Crippen molar-refractivity contribution in [2.24, 2.45) is 4.99 Å². The minimum Gasteiger partial charge on any atom is -0.366 e. The van der Waals surface area contributed by atoms with Gasteiger partial charge in [-0.1, -0.05) is 49.4 Å². The molecule has 0 saturated carbocycles. The van der Waals surface area contributed by atoms with Crippen LogP contribution in [0.5, 0.6) is 0 Å². The van der Waals surface area contributed by atoms with Gasteiger partial charge in [0.1, 0.15) is 0 Å². The number of carbonyl (C=O) groups is 1. The normalized spacial score (nSPS) is 21.6. The summed E-state index contributed by atoms with van der Waals surface area (Å²) in [6.07, 6.45) is 3.12. The highest BCUT2D eigenvalue weighted by atomic mass is 32.2. The van der Waals surface area contributed by atoms with E-state index >= 15 is 0 Å². The Balaban J connectivity index is 1.53. The van der Waals surface area contributed by atoms with Crippen LogP contribution in [-0.4, -0.2) is 23.2 Å². The zero-order chi connectivity index (χ0) is 24.6. The molecule has 178 valence electrons. The van der Waals surface area contributed by atoms with Crippen molar-refractivity contribution in [1.82, 2.24) is 0 Å². The Hall–Kier alpha value is -3.31. The Bertz CT molecular complexity index is 1300. The number of rotatable bonds is 4. The minimum absolute atomic E-state index is 0.0435. The van der Waals surface area contributed by atoms with Gasteiger partial charge in [0.25, 0.3) is 5.91 Å². The summed E-state index contributed by atoms with van der Waals surface area (Å²) < 4.78 is 0. The van der Waals surface area contributed by atoms with Crippen LogP contribution in [0.1, 0.15) is 51.2 Å². The summed E-state index contributed by atoms with van der Waals surface area (Å²) >= 11 is 1.43. The maximum Gasteiger partial charge on any atom is 0.271 e. The lowest BCUT2D eigenvalue weighted by atomic mass is 9.79. The van der Waals surface area contributed by atoms with Gasteiger partial charge in [-0.3, -0.25) is 9.69 Å². The van der Waals surface area contributed by atoms with E-state index in [1.165, 1.54) is 23.0 Å². The second-order valence-electron chi connectivity index (χ2n) is 9.80. The Morgan fingerprint density at radius 1 is 1.03 bits per heavy atom. The van der Waals surface area contributed by atoms with Gasteiger partial charge in [-0.15, -0.1) is 0 Å². The maximum absolute atomic E-state index is 13.6. The molecule has 2 heterocycles. The lowest BCUT2D eigenvalue weighted by Gasteiger charge is -2.47. The number of nitrogens with zero attached hydrogens (tertiary/aromatic N) is 3. The Morgan fingerprint density at radius 3 is 2.40 bits per heavy atom. The number of aliphatic imine (C=N–C) groups is 1. The molecular weight excluding hydrogens is 450 g/mol. The summed E-state index contributed by atoms with van der Waals surface area (Å²) in [6.45, 7) is 10.2. The summed E-state index contributed by atoms with van der Waals surface area (Å²) in [5, 5.41) is 0.670. The molecular formula is C30H31N3OS. The fourth-order valence-electron chi connectivity index (χ4n) is 5.32. The first-order valence-corrected chi connectivity index (χ1v) is 13.0. The SMILES string of the molecule is CCN1c2ccc(/C=C3/SC(=Nc4ccccc4)N(c4ccccc4)C3=O)cc2C(C)CC1(C)C. The second kappa shape index (κ2) is 9.38. The van der Waals surface area contributed by atoms with Crippen molar-refractivity contribution in [3.63, 3.8) is 0 Å². The van der Waals surface area contributed by atoms with E-state index < -0.39 is 0 Å². The standard InChI is InChI=1S/C30H31N3OS/c1-5-32-26-17-16-22(18-25(26)21(2)20-30(32,3)4)19-27-28(34)33(24-14-10-7-11-15-24)29(35-27)31-23-12-8-6-9-13-23/h6-19,21H,5,20H2,1-4H3/b27-19+,31-29?. The van der Waals surface area contributed by atoms with Gasteiger partial charge in [0.15, 0.2) is 5.17 Å². The highest BCUT2D eigenvalue weighted by molar-refractivity contribution is 8.19. The third-order valence-corrected chi connectivity index (χ3v) is 7.79. The molecule has 5 heteroatoms. The quantitative estimate of drug-likeness (QED) is 0.360. The van der Waals surface area contributed by atoms with Crippen LogP contribution in [-0.2, 0) is 4.79 Å². The third-order valence-electron chi connectivity index (χ3n) is 6.83. The molecule has 4 nitrogen and oxygen atoms in total. The average Bonchev–Trinajstić information content (AvgIpc) is 3.14. The minimum atomic E-state index is -0.0435. The molecule has 1 amide bonds. The number of thioether (sulfide) groups is 1. The predicted octanol–water partition coefficient (Wildman–Crippen LogP) is 7.61. The molecule has 1 atom stereocenters. The number of carbonyl (C=O) groups excluding carboxylic acids is 1. The summed E-state index contributed by atoms with van der Waals surface area (Å²) in [5.41, 5.74) is 5.50. The fraction of sp³-hybridized carbons (Fsp3) is 0.267. The third kappa shape index (κ3) is 4.53. The molecule has 1 unspecified atom stereocenters. The van der Waals surface area contributed by atoms with Gasteiger partial charge in [-0.05, 0) is 98.5 Å². The van der Waals surface area contributed by atoms with E-state index in [4.69, 9.17) is 4.99 Å². The molecule has 3 aromatic carbocycles. The van der Waals surface area contributed by atoms with Crippen LogP contribution in [0.2, 0.25) is 0 Å². The van der Waals surface area contributed by atoms with Crippen LogP contribution in [0.25, 0.3) is 6.08 Å². The van der Waals surface area contributed by atoms with Gasteiger partial charge in [-0.2, -0.15) is 0 Å². The van der Waals surface area contributed by atoms with Gasteiger partial charge in [0, 0.05) is 17.8 Å². The molecule has 35 heavy (non-hydrogen) atoms. The number of amides is 1. The van der Waals surface area contributed by atoms with Crippen molar-refractivity contribution in [2.45, 2.75) is 45.6 Å². The van der Waals surface area contributed by atoms with E-state index in [1.807, 2.05) is 66.7 Å². The summed E-state index contributed by atoms with van der Waals surface area (Å²) in [7, 11) is 0. The van der Waals surface area contributed by atoms with Gasteiger partial charge in [0.05, 0.1) is 16.3 Å². The number of hydrogen-bond acceptors (Lipinski definition) is 4. The van der Waals surface area contributed by atoms with Gasteiger partial charge in [-0.25, -0.2) is 4.99 Å². The molecule has 2 aliphatic rings. The number of benzene rings is 3. The van der Waals surface area contributed by atoms with Crippen molar-refractivity contribution < 1.29 is 4.79 Å². The van der Waals surface area contributed by atoms with E-state index in [0.717, 1.165) is 29.9 Å². The Morgan fingerprint density at radius 2 is 1.71 bits per heavy atom. The highest BCUT2D eigenvalue weighted by Gasteiger charge is 2.37. The van der Waals surface area contributed by atoms with Crippen molar-refractivity contribution in [2.75, 3.05) is 16.3 Å². The monoisotopic (exact) mass is 481 g/mol. The zero-order valence-corrected chi connectivity index (χ0v) is 21.5. The number of fused-ring (bicyclic) bond motifs is 1. The van der Waals surface area contributed by atoms with Crippen molar-refractivity contribution in [3.8, 4) is 0 Å². The molecule has 2 aliphatic heterocycles. The Labute approximate surface area is 212 Å². The maximum atomic E-state index is 13.6. The molecule has 0 aromatic heterocycles. The van der Waals surface area contributed by atoms with Crippen molar-refractivity contribution >= 4 is 46.0 Å². The van der Waals surface area contributed by atoms with Gasteiger partial charge in [0.2, 0.25) is 0 Å². The lowest BCUT2D eigenvalue weighted by molar-refractivity contribution is -0.113. The van der Waals surface area contributed by atoms with Gasteiger partial charge < -0.3 is 4.90 Å². The fourth-order valence-corrected chi connectivity index (χ4v) is 6.32. The van der Waals surface area contributed by atoms with Crippen molar-refractivity contribution in [3.05, 3.63) is 94.9 Å². The van der Waals surface area contributed by atoms with E-state index in [0.29, 0.717) is 16.0 Å². The largest absolute Gasteiger partial charge is 0.366 e. The van der Waals surface area contributed by atoms with E-state index in [2.05, 4.69) is 50.8 Å². The summed E-state index contributed by atoms with van der Waals surface area (Å²) in [6, 6.07) is 26.2. The first kappa shape index (κ1) is 23.4. The summed E-state index contributed by atoms with van der Waals surface area (Å²) in [5.74, 6) is 0.419. The molecule has 1 fully saturated rings. The summed E-state index contributed by atoms with van der Waals surface area (Å²) in [4.78, 5) is 23.3. The molecule has 5 rings (SSSR count). The zero-order valence-electron chi connectivity index (χ0n) is 20.7. The number of anilines is 2. The van der Waals surface area contributed by atoms with Crippen LogP contribution in [0.4, 0.5) is 17.1 Å². The average molecular weight is 482 g/mol. The molecule has 0 spiro atoms. The number of amidine groups is 1. The van der Waals surface area contributed by atoms with Crippen LogP contribution in [0.15, 0.2) is 88.8 Å². The first-order valence-electron chi connectivity index (χ1n) is 12.2. The first-order chi connectivity index (χ1) is 16.9. The number of para-hydroxylation sites is 2. The van der Waals surface area contributed by atoms with E-state index in [9.17, 15) is 4.79 Å². The Kier molecular flexibility index (Phi) is 6.28.